The number of pyridine rings is 2. The zero-order chi connectivity index (χ0) is 28.1. The van der Waals surface area contributed by atoms with Gasteiger partial charge in [-0.15, -0.1) is 0 Å². The molecule has 0 aliphatic carbocycles. The van der Waals surface area contributed by atoms with Gasteiger partial charge in [0, 0.05) is 16.5 Å². The van der Waals surface area contributed by atoms with Crippen LogP contribution in [-0.2, 0) is 38.4 Å². The van der Waals surface area contributed by atoms with Gasteiger partial charge in [0.05, 0.1) is 34.7 Å². The molecule has 0 saturated carbocycles. The van der Waals surface area contributed by atoms with Gasteiger partial charge in [0.1, 0.15) is 11.5 Å². The average molecular weight is 550 g/mol. The summed E-state index contributed by atoms with van der Waals surface area (Å²) in [5, 5.41) is 11.5. The van der Waals surface area contributed by atoms with Crippen LogP contribution in [0.25, 0.3) is 22.3 Å². The maximum atomic E-state index is 13.3. The molecule has 6 rings (SSSR count). The minimum Gasteiger partial charge on any atom is -0.458 e. The Morgan fingerprint density at radius 2 is 1.85 bits per heavy atom. The van der Waals surface area contributed by atoms with Crippen LogP contribution in [0.4, 0.5) is 5.69 Å². The first kappa shape index (κ1) is 26.4. The second-order valence-electron chi connectivity index (χ2n) is 8.99. The van der Waals surface area contributed by atoms with Crippen molar-refractivity contribution in [3.8, 4) is 17.1 Å². The number of anilines is 1. The molecule has 39 heavy (non-hydrogen) atoms. The molecule has 2 aliphatic heterocycles. The van der Waals surface area contributed by atoms with E-state index < -0.39 is 21.7 Å². The van der Waals surface area contributed by atoms with Gasteiger partial charge < -0.3 is 24.3 Å². The second-order valence-corrected chi connectivity index (χ2v) is 10.5. The van der Waals surface area contributed by atoms with Crippen molar-refractivity contribution in [1.29, 1.82) is 0 Å². The fourth-order valence-electron chi connectivity index (χ4n) is 4.88. The number of esters is 1. The third kappa shape index (κ3) is 4.05. The van der Waals surface area contributed by atoms with Crippen LogP contribution >= 0.6 is 0 Å². The number of nitrogens with two attached hydrogens (primary N) is 1. The van der Waals surface area contributed by atoms with Crippen molar-refractivity contribution < 1.29 is 27.2 Å². The highest BCUT2D eigenvalue weighted by molar-refractivity contribution is 7.87. The predicted octanol–water partition coefficient (Wildman–Crippen LogP) is 3.46. The third-order valence-electron chi connectivity index (χ3n) is 6.92. The number of aromatic nitrogens is 2. The fourth-order valence-corrected chi connectivity index (χ4v) is 5.85. The molecule has 0 spiro atoms. The number of nitrogen functional groups attached to an aromatic ring is 1. The lowest BCUT2D eigenvalue weighted by molar-refractivity contribution is -0.172. The number of aliphatic hydroxyl groups is 1. The van der Waals surface area contributed by atoms with Crippen molar-refractivity contribution in [1.82, 2.24) is 9.55 Å². The van der Waals surface area contributed by atoms with Crippen LogP contribution in [-0.4, -0.2) is 29.0 Å². The maximum Gasteiger partial charge on any atom is 0.343 e. The van der Waals surface area contributed by atoms with Gasteiger partial charge in [-0.2, -0.15) is 8.42 Å². The topological polar surface area (TPSA) is 151 Å². The Morgan fingerprint density at radius 1 is 1.13 bits per heavy atom. The van der Waals surface area contributed by atoms with Gasteiger partial charge in [-0.25, -0.2) is 9.78 Å². The molecule has 202 valence electrons. The van der Waals surface area contributed by atoms with Crippen molar-refractivity contribution in [2.75, 3.05) is 5.73 Å². The van der Waals surface area contributed by atoms with Crippen molar-refractivity contribution in [3.05, 3.63) is 81.6 Å². The number of benzene rings is 2. The van der Waals surface area contributed by atoms with E-state index >= 15 is 0 Å². The van der Waals surface area contributed by atoms with Crippen LogP contribution in [0.1, 0.15) is 43.9 Å². The lowest BCUT2D eigenvalue weighted by atomic mass is 9.86. The zero-order valence-corrected chi connectivity index (χ0v) is 22.4. The van der Waals surface area contributed by atoms with Crippen LogP contribution in [0.3, 0.4) is 0 Å². The third-order valence-corrected chi connectivity index (χ3v) is 8.17. The van der Waals surface area contributed by atoms with Crippen LogP contribution in [0, 0.1) is 0 Å². The number of carbonyl (C=O) groups excluding carboxylic acids is 1. The van der Waals surface area contributed by atoms with E-state index in [0.717, 1.165) is 0 Å². The van der Waals surface area contributed by atoms with Crippen molar-refractivity contribution in [2.24, 2.45) is 0 Å². The molecular formula is C28H27N3O7S. The number of hydrogen-bond donors (Lipinski definition) is 2. The number of ether oxygens (including phenoxy) is 1. The Balaban J connectivity index is 0.00000151. The van der Waals surface area contributed by atoms with Crippen LogP contribution in [0.5, 0.6) is 5.75 Å². The SMILES string of the molecule is CC.CC[C@@]1(O)C(=O)OCc2c1cc1n(c2=O)Cc2cc3c(N)c(OS(=O)(=O)c4ccccc4)ccc3nc2-1. The van der Waals surface area contributed by atoms with Crippen molar-refractivity contribution >= 4 is 32.7 Å². The standard InChI is InChI=1S/C26H21N3O7S.C2H6/c1-2-26(32)18-11-20-23-14(12-29(20)24(30)17(18)13-35-25(26)31)10-16-19(28-23)8-9-21(22(16)27)36-37(33,34)15-6-4-3-5-7-15;1-2/h3-11,32H,2,12-13,27H2,1H3;1-2H3/t26-;/m0./s1. The normalized spacial score (nSPS) is 17.4. The highest BCUT2D eigenvalue weighted by Gasteiger charge is 2.45. The van der Waals surface area contributed by atoms with E-state index in [-0.39, 0.29) is 52.6 Å². The van der Waals surface area contributed by atoms with E-state index in [2.05, 4.69) is 0 Å². The van der Waals surface area contributed by atoms with E-state index in [1.807, 2.05) is 13.8 Å². The molecule has 0 radical (unpaired) electrons. The molecule has 0 unspecified atom stereocenters. The number of fused-ring (bicyclic) bond motifs is 5. The van der Waals surface area contributed by atoms with Gasteiger partial charge >= 0.3 is 16.1 Å². The molecule has 0 bridgehead atoms. The van der Waals surface area contributed by atoms with Gasteiger partial charge in [-0.05, 0) is 42.8 Å². The van der Waals surface area contributed by atoms with Gasteiger partial charge in [0.15, 0.2) is 11.4 Å². The van der Waals surface area contributed by atoms with Crippen LogP contribution < -0.4 is 15.5 Å². The van der Waals surface area contributed by atoms with Gasteiger partial charge in [-0.1, -0.05) is 39.0 Å². The van der Waals surface area contributed by atoms with E-state index in [1.165, 1.54) is 22.8 Å². The Morgan fingerprint density at radius 3 is 2.54 bits per heavy atom. The number of cyclic esters (lactones) is 1. The monoisotopic (exact) mass is 549 g/mol. The number of nitrogens with zero attached hydrogens (tertiary/aromatic N) is 2. The zero-order valence-electron chi connectivity index (χ0n) is 21.6. The summed E-state index contributed by atoms with van der Waals surface area (Å²) in [6, 6.07) is 14.1. The molecule has 2 aliphatic rings. The molecule has 1 atom stereocenters. The summed E-state index contributed by atoms with van der Waals surface area (Å²) in [4.78, 5) is 30.3. The molecule has 3 N–H and O–H groups in total. The first-order chi connectivity index (χ1) is 18.6. The number of rotatable bonds is 4. The number of hydrogen-bond acceptors (Lipinski definition) is 9. The van der Waals surface area contributed by atoms with E-state index in [1.54, 1.807) is 43.3 Å². The lowest BCUT2D eigenvalue weighted by Crippen LogP contribution is -2.44. The Kier molecular flexibility index (Phi) is 6.44. The summed E-state index contributed by atoms with van der Waals surface area (Å²) in [6.07, 6.45) is 0.0466. The van der Waals surface area contributed by atoms with Crippen LogP contribution in [0.2, 0.25) is 0 Å². The molecule has 0 saturated heterocycles. The Hall–Kier alpha value is -4.22. The quantitative estimate of drug-likeness (QED) is 0.195. The first-order valence-corrected chi connectivity index (χ1v) is 13.9. The summed E-state index contributed by atoms with van der Waals surface area (Å²) in [5.74, 6) is -0.827. The second kappa shape index (κ2) is 9.51. The first-order valence-electron chi connectivity index (χ1n) is 12.5. The van der Waals surface area contributed by atoms with Crippen LogP contribution in [0.15, 0.2) is 64.3 Å². The summed E-state index contributed by atoms with van der Waals surface area (Å²) >= 11 is 0. The fraction of sp³-hybridized carbons (Fsp3) is 0.250. The minimum atomic E-state index is -4.10. The summed E-state index contributed by atoms with van der Waals surface area (Å²) < 4.78 is 37.3. The maximum absolute atomic E-state index is 13.3. The Labute approximate surface area is 224 Å². The summed E-state index contributed by atoms with van der Waals surface area (Å²) in [5.41, 5.74) is 6.69. The van der Waals surface area contributed by atoms with E-state index in [4.69, 9.17) is 19.6 Å². The Bertz CT molecular complexity index is 1800. The minimum absolute atomic E-state index is 0.00475. The lowest BCUT2D eigenvalue weighted by Gasteiger charge is -2.31. The van der Waals surface area contributed by atoms with E-state index in [9.17, 15) is 23.1 Å². The number of carbonyl (C=O) groups is 1. The molecule has 0 fully saturated rings. The molecule has 0 amide bonds. The molecule has 4 heterocycles. The summed E-state index contributed by atoms with van der Waals surface area (Å²) in [7, 11) is -4.10. The van der Waals surface area contributed by atoms with Crippen molar-refractivity contribution in [2.45, 2.75) is 50.8 Å². The highest BCUT2D eigenvalue weighted by atomic mass is 32.2. The van der Waals surface area contributed by atoms with Gasteiger partial charge in [-0.3, -0.25) is 4.79 Å². The molecular weight excluding hydrogens is 522 g/mol. The van der Waals surface area contributed by atoms with Crippen molar-refractivity contribution in [3.63, 3.8) is 0 Å². The summed E-state index contributed by atoms with van der Waals surface area (Å²) in [6.45, 7) is 5.61. The molecule has 10 nitrogen and oxygen atoms in total. The van der Waals surface area contributed by atoms with Gasteiger partial charge in [0.2, 0.25) is 0 Å². The average Bonchev–Trinajstić information content (AvgIpc) is 3.31. The molecule has 2 aromatic carbocycles. The largest absolute Gasteiger partial charge is 0.458 e. The highest BCUT2D eigenvalue weighted by Crippen LogP contribution is 2.40. The smallest absolute Gasteiger partial charge is 0.343 e. The molecule has 4 aromatic rings. The van der Waals surface area contributed by atoms with E-state index in [0.29, 0.717) is 27.9 Å². The molecule has 11 heteroatoms. The predicted molar refractivity (Wildman–Crippen MR) is 145 cm³/mol. The molecule has 2 aromatic heterocycles. The van der Waals surface area contributed by atoms with Gasteiger partial charge in [0.25, 0.3) is 5.56 Å².